The summed E-state index contributed by atoms with van der Waals surface area (Å²) in [4.78, 5) is 40.3. The lowest BCUT2D eigenvalue weighted by atomic mass is 9.95. The van der Waals surface area contributed by atoms with E-state index < -0.39 is 0 Å². The average Bonchev–Trinajstić information content (AvgIpc) is 3.30. The third-order valence-corrected chi connectivity index (χ3v) is 10.4. The molecule has 6 N–H and O–H groups in total. The second-order valence-electron chi connectivity index (χ2n) is 14.7. The SMILES string of the molecule is CCCC(=O)N1Cc2ccccc2/C(N(N)CCOCCOCCOCCOCCOCCNC(=O)c2ccc(-c3cc(=O)c4ccc(O)c(OC)c4o3)cc2)=C(/N)c2ccccc21. The van der Waals surface area contributed by atoms with E-state index in [-0.39, 0.29) is 45.5 Å². The number of fused-ring (bicyclic) bond motifs is 3. The van der Waals surface area contributed by atoms with E-state index in [9.17, 15) is 19.5 Å². The van der Waals surface area contributed by atoms with Gasteiger partial charge < -0.3 is 58.9 Å². The number of methoxy groups -OCH3 is 1. The molecule has 1 aliphatic heterocycles. The van der Waals surface area contributed by atoms with Gasteiger partial charge >= 0.3 is 0 Å². The van der Waals surface area contributed by atoms with Crippen LogP contribution in [0.15, 0.2) is 100 Å². The van der Waals surface area contributed by atoms with Crippen LogP contribution in [0.5, 0.6) is 11.5 Å². The number of amides is 2. The predicted molar refractivity (Wildman–Crippen MR) is 243 cm³/mol. The molecule has 5 aromatic rings. The van der Waals surface area contributed by atoms with Gasteiger partial charge in [0.05, 0.1) is 109 Å². The van der Waals surface area contributed by atoms with Crippen molar-refractivity contribution in [3.8, 4) is 22.8 Å². The van der Waals surface area contributed by atoms with Crippen LogP contribution in [0.3, 0.4) is 0 Å². The number of phenols is 1. The van der Waals surface area contributed by atoms with E-state index in [0.717, 1.165) is 28.8 Å². The standard InChI is InChI=1S/C48H57N5O11/c1-3-8-43(56)52-32-35-9-4-5-10-36(35)45(44(49)37-11-6-7-12-39(37)52)53(50)20-22-60-24-26-62-28-30-63-29-27-61-25-23-59-21-19-51-48(57)34-15-13-33(14-16-34)42-31-41(55)38-17-18-40(54)47(58-2)46(38)64-42/h4-7,9-18,31,54H,3,8,19-30,32,49-50H2,1-2H3,(H,51,57)/b45-44-. The molecule has 2 amide bonds. The number of nitrogens with one attached hydrogen (secondary N) is 1. The van der Waals surface area contributed by atoms with E-state index in [1.807, 2.05) is 60.4 Å². The lowest BCUT2D eigenvalue weighted by molar-refractivity contribution is -0.118. The van der Waals surface area contributed by atoms with Gasteiger partial charge in [-0.1, -0.05) is 61.5 Å². The summed E-state index contributed by atoms with van der Waals surface area (Å²) in [5.74, 6) is 6.63. The van der Waals surface area contributed by atoms with Crippen molar-refractivity contribution in [1.82, 2.24) is 10.3 Å². The number of nitrogens with two attached hydrogens (primary N) is 2. The van der Waals surface area contributed by atoms with Crippen LogP contribution in [0.1, 0.15) is 46.8 Å². The summed E-state index contributed by atoms with van der Waals surface area (Å²) in [6, 6.07) is 26.4. The van der Waals surface area contributed by atoms with Gasteiger partial charge in [0.1, 0.15) is 5.76 Å². The van der Waals surface area contributed by atoms with Crippen molar-refractivity contribution in [2.24, 2.45) is 11.6 Å². The van der Waals surface area contributed by atoms with Gasteiger partial charge in [0.2, 0.25) is 11.7 Å². The van der Waals surface area contributed by atoms with Crippen molar-refractivity contribution in [1.29, 1.82) is 0 Å². The number of anilines is 1. The van der Waals surface area contributed by atoms with E-state index in [2.05, 4.69) is 5.32 Å². The first kappa shape index (κ1) is 47.2. The molecule has 0 radical (unpaired) electrons. The van der Waals surface area contributed by atoms with Crippen LogP contribution in [0.4, 0.5) is 5.69 Å². The predicted octanol–water partition coefficient (Wildman–Crippen LogP) is 5.29. The molecule has 1 aromatic heterocycles. The quantitative estimate of drug-likeness (QED) is 0.0353. The fraction of sp³-hybridized carbons (Fsp3) is 0.354. The fourth-order valence-corrected chi connectivity index (χ4v) is 7.14. The summed E-state index contributed by atoms with van der Waals surface area (Å²) in [5, 5.41) is 14.8. The van der Waals surface area contributed by atoms with Crippen LogP contribution in [-0.2, 0) is 35.0 Å². The Kier molecular flexibility index (Phi) is 17.7. The Morgan fingerprint density at radius 1 is 0.797 bits per heavy atom. The van der Waals surface area contributed by atoms with Crippen molar-refractivity contribution in [3.05, 3.63) is 123 Å². The third kappa shape index (κ3) is 12.3. The number of aromatic hydroxyl groups is 1. The number of hydrogen-bond donors (Lipinski definition) is 4. The van der Waals surface area contributed by atoms with Crippen molar-refractivity contribution in [3.63, 3.8) is 0 Å². The largest absolute Gasteiger partial charge is 0.504 e. The molecule has 0 unspecified atom stereocenters. The fourth-order valence-electron chi connectivity index (χ4n) is 7.14. The van der Waals surface area contributed by atoms with E-state index in [4.69, 9.17) is 44.4 Å². The number of hydrogen-bond acceptors (Lipinski definition) is 14. The number of carbonyl (C=O) groups is 2. The zero-order valence-corrected chi connectivity index (χ0v) is 36.3. The molecular weight excluding hydrogens is 823 g/mol. The number of nitrogens with zero attached hydrogens (tertiary/aromatic N) is 2. The molecule has 6 rings (SSSR count). The second kappa shape index (κ2) is 24.0. The molecule has 0 atom stereocenters. The summed E-state index contributed by atoms with van der Waals surface area (Å²) in [6.45, 7) is 6.92. The number of rotatable bonds is 24. The Labute approximate surface area is 372 Å². The Morgan fingerprint density at radius 2 is 1.41 bits per heavy atom. The van der Waals surface area contributed by atoms with E-state index in [1.54, 1.807) is 29.3 Å². The van der Waals surface area contributed by atoms with Crippen LogP contribution in [0.25, 0.3) is 33.7 Å². The molecule has 0 bridgehead atoms. The third-order valence-electron chi connectivity index (χ3n) is 10.4. The van der Waals surface area contributed by atoms with E-state index in [0.29, 0.717) is 115 Å². The maximum Gasteiger partial charge on any atom is 0.251 e. The zero-order valence-electron chi connectivity index (χ0n) is 36.3. The topological polar surface area (TPSA) is 211 Å². The van der Waals surface area contributed by atoms with Crippen LogP contribution in [0, 0.1) is 0 Å². The Morgan fingerprint density at radius 3 is 2.06 bits per heavy atom. The van der Waals surface area contributed by atoms with Gasteiger partial charge in [-0.15, -0.1) is 0 Å². The highest BCUT2D eigenvalue weighted by atomic mass is 16.6. The van der Waals surface area contributed by atoms with Crippen molar-refractivity contribution in [2.45, 2.75) is 26.3 Å². The Bertz CT molecular complexity index is 2420. The molecule has 64 heavy (non-hydrogen) atoms. The first-order chi connectivity index (χ1) is 31.2. The molecular formula is C48H57N5O11. The highest BCUT2D eigenvalue weighted by molar-refractivity contribution is 6.01. The minimum Gasteiger partial charge on any atom is -0.504 e. The number of ether oxygens (including phenoxy) is 6. The van der Waals surface area contributed by atoms with Crippen molar-refractivity contribution >= 4 is 39.9 Å². The van der Waals surface area contributed by atoms with Crippen LogP contribution >= 0.6 is 0 Å². The number of benzene rings is 4. The lowest BCUT2D eigenvalue weighted by Crippen LogP contribution is -2.37. The molecule has 0 saturated carbocycles. The summed E-state index contributed by atoms with van der Waals surface area (Å²) in [6.07, 6.45) is 1.19. The van der Waals surface area contributed by atoms with E-state index >= 15 is 0 Å². The molecule has 16 nitrogen and oxygen atoms in total. The molecule has 340 valence electrons. The first-order valence-corrected chi connectivity index (χ1v) is 21.3. The number of carbonyl (C=O) groups excluding carboxylic acids is 2. The van der Waals surface area contributed by atoms with Gasteiger partial charge in [-0.2, -0.15) is 0 Å². The first-order valence-electron chi connectivity index (χ1n) is 21.3. The van der Waals surface area contributed by atoms with Gasteiger partial charge in [-0.05, 0) is 42.3 Å². The van der Waals surface area contributed by atoms with Gasteiger partial charge in [0.15, 0.2) is 16.8 Å². The van der Waals surface area contributed by atoms with Gasteiger partial charge in [-0.25, -0.2) is 5.84 Å². The second-order valence-corrected chi connectivity index (χ2v) is 14.7. The minimum absolute atomic E-state index is 0.0478. The van der Waals surface area contributed by atoms with Crippen LogP contribution in [0.2, 0.25) is 0 Å². The molecule has 0 saturated heterocycles. The monoisotopic (exact) mass is 879 g/mol. The Balaban J connectivity index is 0.792. The van der Waals surface area contributed by atoms with Gasteiger partial charge in [0, 0.05) is 41.3 Å². The molecule has 0 fully saturated rings. The summed E-state index contributed by atoms with van der Waals surface area (Å²) in [7, 11) is 1.38. The summed E-state index contributed by atoms with van der Waals surface area (Å²) < 4.78 is 39.3. The normalized spacial score (nSPS) is 13.5. The van der Waals surface area contributed by atoms with Crippen molar-refractivity contribution in [2.75, 3.05) is 91.2 Å². The molecule has 2 heterocycles. The van der Waals surface area contributed by atoms with Crippen LogP contribution < -0.4 is 32.0 Å². The number of para-hydroxylation sites is 1. The van der Waals surface area contributed by atoms with Gasteiger partial charge in [-0.3, -0.25) is 14.4 Å². The van der Waals surface area contributed by atoms with E-state index in [1.165, 1.54) is 25.3 Å². The number of hydrazine groups is 1. The lowest BCUT2D eigenvalue weighted by Gasteiger charge is -2.33. The summed E-state index contributed by atoms with van der Waals surface area (Å²) >= 11 is 0. The smallest absolute Gasteiger partial charge is 0.251 e. The molecule has 4 aromatic carbocycles. The highest BCUT2D eigenvalue weighted by Gasteiger charge is 2.27. The highest BCUT2D eigenvalue weighted by Crippen LogP contribution is 2.37. The summed E-state index contributed by atoms with van der Waals surface area (Å²) in [5.41, 5.74) is 12.2. The van der Waals surface area contributed by atoms with Crippen molar-refractivity contribution < 1.29 is 47.5 Å². The molecule has 1 aliphatic rings. The molecule has 0 aliphatic carbocycles. The molecule has 16 heteroatoms. The Hall–Kier alpha value is -6.27. The minimum atomic E-state index is -0.286. The average molecular weight is 880 g/mol. The number of phenolic OH excluding ortho intramolecular Hbond substituents is 1. The maximum absolute atomic E-state index is 13.2. The molecule has 0 spiro atoms. The van der Waals surface area contributed by atoms with Crippen LogP contribution in [-0.4, -0.2) is 108 Å². The van der Waals surface area contributed by atoms with Gasteiger partial charge in [0.25, 0.3) is 5.91 Å². The maximum atomic E-state index is 13.2. The zero-order chi connectivity index (χ0) is 45.3.